The van der Waals surface area contributed by atoms with Crippen molar-refractivity contribution in [3.63, 3.8) is 0 Å². The normalized spacial score (nSPS) is 11.8. The second-order valence-corrected chi connectivity index (χ2v) is 5.02. The van der Waals surface area contributed by atoms with Gasteiger partial charge < -0.3 is 10.2 Å². The summed E-state index contributed by atoms with van der Waals surface area (Å²) < 4.78 is 5.45. The lowest BCUT2D eigenvalue weighted by molar-refractivity contribution is 0.0164. The number of ether oxygens (including phenoxy) is 1. The first-order chi connectivity index (χ1) is 8.47. The van der Waals surface area contributed by atoms with Crippen molar-refractivity contribution in [2.75, 3.05) is 12.5 Å². The molecule has 18 heavy (non-hydrogen) atoms. The molecule has 0 bridgehead atoms. The highest BCUT2D eigenvalue weighted by atomic mass is 35.5. The van der Waals surface area contributed by atoms with E-state index in [1.807, 2.05) is 38.1 Å². The number of hydrogen-bond acceptors (Lipinski definition) is 4. The highest BCUT2D eigenvalue weighted by Gasteiger charge is 2.25. The van der Waals surface area contributed by atoms with Gasteiger partial charge in [-0.05, 0) is 32.0 Å². The van der Waals surface area contributed by atoms with E-state index < -0.39 is 5.60 Å². The minimum absolute atomic E-state index is 0.530. The summed E-state index contributed by atoms with van der Waals surface area (Å²) in [6.07, 6.45) is 0. The van der Waals surface area contributed by atoms with Crippen molar-refractivity contribution in [1.82, 2.24) is 4.98 Å². The summed E-state index contributed by atoms with van der Waals surface area (Å²) in [6.45, 7) is 3.87. The summed E-state index contributed by atoms with van der Waals surface area (Å²) in [6, 6.07) is 7.50. The zero-order valence-corrected chi connectivity index (χ0v) is 11.4. The van der Waals surface area contributed by atoms with Crippen LogP contribution < -0.4 is 11.3 Å². The van der Waals surface area contributed by atoms with Gasteiger partial charge >= 0.3 is 0 Å². The Labute approximate surface area is 111 Å². The minimum Gasteiger partial charge on any atom is -0.372 e. The molecule has 0 amide bonds. The zero-order chi connectivity index (χ0) is 13.3. The maximum absolute atomic E-state index is 5.98. The number of pyridine rings is 1. The Morgan fingerprint density at radius 3 is 2.67 bits per heavy atom. The monoisotopic (exact) mass is 265 g/mol. The van der Waals surface area contributed by atoms with Gasteiger partial charge in [-0.3, -0.25) is 5.84 Å². The number of methoxy groups -OCH3 is 1. The molecule has 0 unspecified atom stereocenters. The van der Waals surface area contributed by atoms with Crippen LogP contribution in [0.3, 0.4) is 0 Å². The number of nitrogens with zero attached hydrogens (tertiary/aromatic N) is 1. The van der Waals surface area contributed by atoms with Crippen molar-refractivity contribution >= 4 is 28.2 Å². The van der Waals surface area contributed by atoms with Crippen LogP contribution in [0.5, 0.6) is 0 Å². The number of hydrazine groups is 1. The maximum Gasteiger partial charge on any atom is 0.106 e. The first kappa shape index (κ1) is 13.1. The van der Waals surface area contributed by atoms with Gasteiger partial charge in [-0.15, -0.1) is 0 Å². The van der Waals surface area contributed by atoms with Crippen molar-refractivity contribution in [2.45, 2.75) is 19.4 Å². The highest BCUT2D eigenvalue weighted by Crippen LogP contribution is 2.31. The van der Waals surface area contributed by atoms with Crippen molar-refractivity contribution in [3.05, 3.63) is 35.0 Å². The molecule has 0 atom stereocenters. The highest BCUT2D eigenvalue weighted by molar-refractivity contribution is 6.31. The number of anilines is 1. The third-order valence-corrected chi connectivity index (χ3v) is 3.25. The summed E-state index contributed by atoms with van der Waals surface area (Å²) in [5.74, 6) is 5.55. The van der Waals surface area contributed by atoms with E-state index in [0.29, 0.717) is 5.02 Å². The Bertz CT molecular complexity index is 584. The van der Waals surface area contributed by atoms with E-state index in [4.69, 9.17) is 22.2 Å². The molecular weight excluding hydrogens is 250 g/mol. The average Bonchev–Trinajstić information content (AvgIpc) is 2.37. The smallest absolute Gasteiger partial charge is 0.106 e. The van der Waals surface area contributed by atoms with Crippen LogP contribution in [0.25, 0.3) is 10.9 Å². The Hall–Kier alpha value is -1.36. The summed E-state index contributed by atoms with van der Waals surface area (Å²) in [5.41, 5.74) is 4.46. The van der Waals surface area contributed by atoms with Crippen molar-refractivity contribution < 1.29 is 4.74 Å². The number of rotatable bonds is 3. The largest absolute Gasteiger partial charge is 0.372 e. The topological polar surface area (TPSA) is 60.2 Å². The number of nitrogens with two attached hydrogens (primary N) is 1. The summed E-state index contributed by atoms with van der Waals surface area (Å²) in [5, 5.41) is 1.63. The molecule has 0 fully saturated rings. The molecule has 0 aliphatic rings. The van der Waals surface area contributed by atoms with E-state index in [1.165, 1.54) is 0 Å². The SMILES string of the molecule is COC(C)(C)c1nc2cc(Cl)ccc2cc1NN. The molecule has 2 aromatic rings. The molecule has 1 heterocycles. The van der Waals surface area contributed by atoms with E-state index in [-0.39, 0.29) is 0 Å². The van der Waals surface area contributed by atoms with Gasteiger partial charge in [0.05, 0.1) is 16.9 Å². The summed E-state index contributed by atoms with van der Waals surface area (Å²) in [7, 11) is 1.64. The molecule has 0 aliphatic heterocycles. The Kier molecular flexibility index (Phi) is 3.43. The number of halogens is 1. The average molecular weight is 266 g/mol. The van der Waals surface area contributed by atoms with Gasteiger partial charge in [0.2, 0.25) is 0 Å². The predicted molar refractivity (Wildman–Crippen MR) is 74.6 cm³/mol. The fraction of sp³-hybridized carbons (Fsp3) is 0.308. The molecule has 96 valence electrons. The van der Waals surface area contributed by atoms with Gasteiger partial charge in [0.1, 0.15) is 5.60 Å². The van der Waals surface area contributed by atoms with Crippen LogP contribution in [0, 0.1) is 0 Å². The number of hydrogen-bond donors (Lipinski definition) is 2. The van der Waals surface area contributed by atoms with Gasteiger partial charge in [-0.2, -0.15) is 0 Å². The van der Waals surface area contributed by atoms with Crippen LogP contribution in [-0.4, -0.2) is 12.1 Å². The van der Waals surface area contributed by atoms with Crippen LogP contribution in [0.2, 0.25) is 5.02 Å². The molecule has 0 spiro atoms. The fourth-order valence-electron chi connectivity index (χ4n) is 1.81. The van der Waals surface area contributed by atoms with E-state index >= 15 is 0 Å². The first-order valence-electron chi connectivity index (χ1n) is 5.60. The zero-order valence-electron chi connectivity index (χ0n) is 10.6. The molecule has 0 saturated carbocycles. The number of benzene rings is 1. The lowest BCUT2D eigenvalue weighted by atomic mass is 10.0. The molecular formula is C13H16ClN3O. The quantitative estimate of drug-likeness (QED) is 0.661. The molecule has 2 rings (SSSR count). The molecule has 3 N–H and O–H groups in total. The van der Waals surface area contributed by atoms with Crippen LogP contribution in [0.1, 0.15) is 19.5 Å². The minimum atomic E-state index is -0.530. The van der Waals surface area contributed by atoms with Gasteiger partial charge in [0, 0.05) is 17.5 Å². The second-order valence-electron chi connectivity index (χ2n) is 4.58. The van der Waals surface area contributed by atoms with Crippen LogP contribution in [0.15, 0.2) is 24.3 Å². The lowest BCUT2D eigenvalue weighted by Gasteiger charge is -2.25. The van der Waals surface area contributed by atoms with Gasteiger partial charge in [-0.1, -0.05) is 17.7 Å². The number of nitrogens with one attached hydrogen (secondary N) is 1. The van der Waals surface area contributed by atoms with Crippen molar-refractivity contribution in [1.29, 1.82) is 0 Å². The van der Waals surface area contributed by atoms with Crippen LogP contribution in [-0.2, 0) is 10.3 Å². The molecule has 5 heteroatoms. The summed E-state index contributed by atoms with van der Waals surface area (Å²) >= 11 is 5.98. The number of fused-ring (bicyclic) bond motifs is 1. The van der Waals surface area contributed by atoms with Crippen LogP contribution in [0.4, 0.5) is 5.69 Å². The fourth-order valence-corrected chi connectivity index (χ4v) is 1.97. The van der Waals surface area contributed by atoms with E-state index in [1.54, 1.807) is 7.11 Å². The predicted octanol–water partition coefficient (Wildman–Crippen LogP) is 3.06. The van der Waals surface area contributed by atoms with Gasteiger partial charge in [0.25, 0.3) is 0 Å². The molecule has 4 nitrogen and oxygen atoms in total. The second kappa shape index (κ2) is 4.72. The van der Waals surface area contributed by atoms with E-state index in [9.17, 15) is 0 Å². The molecule has 0 radical (unpaired) electrons. The Morgan fingerprint density at radius 1 is 1.33 bits per heavy atom. The van der Waals surface area contributed by atoms with E-state index in [2.05, 4.69) is 10.4 Å². The lowest BCUT2D eigenvalue weighted by Crippen LogP contribution is -2.24. The first-order valence-corrected chi connectivity index (χ1v) is 5.98. The van der Waals surface area contributed by atoms with Crippen molar-refractivity contribution in [2.24, 2.45) is 5.84 Å². The van der Waals surface area contributed by atoms with Gasteiger partial charge in [-0.25, -0.2) is 4.98 Å². The van der Waals surface area contributed by atoms with Crippen LogP contribution >= 0.6 is 11.6 Å². The molecule has 1 aromatic carbocycles. The Balaban J connectivity index is 2.71. The molecule has 0 saturated heterocycles. The van der Waals surface area contributed by atoms with Crippen molar-refractivity contribution in [3.8, 4) is 0 Å². The Morgan fingerprint density at radius 2 is 2.06 bits per heavy atom. The maximum atomic E-state index is 5.98. The molecule has 1 aromatic heterocycles. The molecule has 0 aliphatic carbocycles. The standard InChI is InChI=1S/C13H16ClN3O/c1-13(2,18-3)12-11(17-15)6-8-4-5-9(14)7-10(8)16-12/h4-7,17H,15H2,1-3H3. The third-order valence-electron chi connectivity index (χ3n) is 3.02. The third kappa shape index (κ3) is 2.27. The van der Waals surface area contributed by atoms with E-state index in [0.717, 1.165) is 22.3 Å². The summed E-state index contributed by atoms with van der Waals surface area (Å²) in [4.78, 5) is 4.60. The number of nitrogen functional groups attached to an aromatic ring is 1. The van der Waals surface area contributed by atoms with Gasteiger partial charge in [0.15, 0.2) is 0 Å². The number of aromatic nitrogens is 1.